The molecule has 0 fully saturated rings. The topological polar surface area (TPSA) is 86.7 Å². The molecule has 0 aromatic carbocycles. The Kier molecular flexibility index (Phi) is 9.51. The Balaban J connectivity index is 6.87. The first-order valence-electron chi connectivity index (χ1n) is 8.36. The molecule has 0 aliphatic heterocycles. The Morgan fingerprint density at radius 3 is 0.947 bits per heavy atom. The third-order valence-electron chi connectivity index (χ3n) is 4.27. The van der Waals surface area contributed by atoms with Gasteiger partial charge in [-0.05, 0) is 6.42 Å². The van der Waals surface area contributed by atoms with Crippen molar-refractivity contribution in [2.45, 2.75) is 66.0 Å². The first-order chi connectivity index (χ1) is 16.1. The zero-order chi connectivity index (χ0) is 31.4. The maximum absolute atomic E-state index is 12.9. The molecule has 6 nitrogen and oxygen atoms in total. The van der Waals surface area contributed by atoms with Gasteiger partial charge in [0.05, 0.1) is 6.61 Å². The Hall–Kier alpha value is -1.44. The fourth-order valence-corrected chi connectivity index (χ4v) is 5.44. The molecule has 0 bridgehead atoms. The lowest BCUT2D eigenvalue weighted by atomic mass is 10.1. The molecule has 230 valence electrons. The predicted octanol–water partition coefficient (Wildman–Crippen LogP) is 5.31. The second kappa shape index (κ2) is 9.88. The van der Waals surface area contributed by atoms with E-state index in [1.54, 1.807) is 0 Å². The van der Waals surface area contributed by atoms with Crippen LogP contribution in [0, 0.1) is 0 Å². The highest BCUT2D eigenvalue weighted by Gasteiger charge is 2.93. The Morgan fingerprint density at radius 1 is 0.500 bits per heavy atom. The number of rotatable bonds is 8. The van der Waals surface area contributed by atoms with Crippen molar-refractivity contribution in [3.05, 3.63) is 0 Å². The van der Waals surface area contributed by atoms with Crippen molar-refractivity contribution in [1.82, 2.24) is 0 Å². The summed E-state index contributed by atoms with van der Waals surface area (Å²) in [7, 11) is -16.5. The number of hydrogen-bond donors (Lipinski definition) is 0. The molecule has 1 atom stereocenters. The van der Waals surface area contributed by atoms with E-state index in [1.165, 1.54) is 0 Å². The smallest absolute Gasteiger partial charge is 0.266 e. The van der Waals surface area contributed by atoms with Crippen LogP contribution in [0.3, 0.4) is 0 Å². The minimum Gasteiger partial charge on any atom is -0.266 e. The van der Waals surface area contributed by atoms with Crippen molar-refractivity contribution in [2.75, 3.05) is 6.61 Å². The second-order valence-electron chi connectivity index (χ2n) is 6.67. The normalized spacial score (nSPS) is 17.0. The van der Waals surface area contributed by atoms with Crippen LogP contribution in [0.4, 0.5) is 79.0 Å². The summed E-state index contributed by atoms with van der Waals surface area (Å²) in [5.41, 5.74) is 0. The highest BCUT2D eigenvalue weighted by Crippen LogP contribution is 2.59. The zero-order valence-electron chi connectivity index (χ0n) is 17.1. The quantitative estimate of drug-likeness (QED) is 0.261. The van der Waals surface area contributed by atoms with E-state index >= 15 is 0 Å². The third kappa shape index (κ3) is 5.57. The summed E-state index contributed by atoms with van der Waals surface area (Å²) in [5, 5.41) is 0. The molecule has 0 amide bonds. The van der Waals surface area contributed by atoms with E-state index in [9.17, 15) is 95.9 Å². The van der Waals surface area contributed by atoms with Gasteiger partial charge in [0, 0.05) is 0 Å². The maximum atomic E-state index is 12.9. The van der Waals surface area contributed by atoms with Crippen molar-refractivity contribution in [2.24, 2.45) is 0 Å². The van der Waals surface area contributed by atoms with Crippen LogP contribution in [0.1, 0.15) is 13.3 Å². The SMILES string of the molecule is CCC(COS(=O)(=O)C(C(F)(F)F)(C(F)(F)F)C(F)(F)F)OS(=O)(=O)C(C(F)(F)F)(C(F)(F)F)C(F)(F)F. The monoisotopic (exact) mass is 654 g/mol. The lowest BCUT2D eigenvalue weighted by Gasteiger charge is -2.38. The number of hydrogen-bond acceptors (Lipinski definition) is 6. The molecular formula is C12H8F18O6S2. The molecule has 0 radical (unpaired) electrons. The highest BCUT2D eigenvalue weighted by molar-refractivity contribution is 7.88. The summed E-state index contributed by atoms with van der Waals surface area (Å²) in [6, 6.07) is 0. The van der Waals surface area contributed by atoms with Crippen LogP contribution in [0.15, 0.2) is 0 Å². The van der Waals surface area contributed by atoms with Crippen LogP contribution < -0.4 is 0 Å². The molecule has 0 spiro atoms. The maximum Gasteiger partial charge on any atom is 0.428 e. The molecule has 38 heavy (non-hydrogen) atoms. The molecule has 0 aromatic heterocycles. The molecule has 0 rings (SSSR count). The van der Waals surface area contributed by atoms with Gasteiger partial charge in [0.25, 0.3) is 0 Å². The Labute approximate surface area is 198 Å². The predicted molar refractivity (Wildman–Crippen MR) is 80.7 cm³/mol. The fourth-order valence-electron chi connectivity index (χ4n) is 2.53. The minimum atomic E-state index is -8.27. The van der Waals surface area contributed by atoms with Crippen molar-refractivity contribution in [1.29, 1.82) is 0 Å². The van der Waals surface area contributed by atoms with E-state index < -0.39 is 85.9 Å². The van der Waals surface area contributed by atoms with E-state index in [4.69, 9.17) is 0 Å². The molecule has 0 aliphatic rings. The van der Waals surface area contributed by atoms with Gasteiger partial charge in [-0.25, -0.2) is 0 Å². The van der Waals surface area contributed by atoms with Crippen molar-refractivity contribution in [3.63, 3.8) is 0 Å². The van der Waals surface area contributed by atoms with Crippen LogP contribution in [0.2, 0.25) is 0 Å². The Morgan fingerprint density at radius 2 is 0.737 bits per heavy atom. The van der Waals surface area contributed by atoms with Gasteiger partial charge in [-0.3, -0.25) is 8.37 Å². The van der Waals surface area contributed by atoms with E-state index in [1.807, 2.05) is 0 Å². The van der Waals surface area contributed by atoms with Crippen molar-refractivity contribution >= 4 is 20.2 Å². The zero-order valence-corrected chi connectivity index (χ0v) is 18.7. The number of alkyl halides is 18. The standard InChI is InChI=1S/C12H8F18O6S2/c1-2-4(36-38(33,34)6(10(22,23)24,11(25,26)27)12(28,29)30)3-35-37(31,32)5(7(13,14)15,8(16,17)18)9(19,20)21/h4H,2-3H2,1H3. The molecule has 0 saturated carbocycles. The summed E-state index contributed by atoms with van der Waals surface area (Å²) >= 11 is 0. The molecule has 0 N–H and O–H groups in total. The highest BCUT2D eigenvalue weighted by atomic mass is 32.2. The molecule has 0 saturated heterocycles. The third-order valence-corrected chi connectivity index (χ3v) is 8.13. The molecule has 0 heterocycles. The first kappa shape index (κ1) is 36.6. The second-order valence-corrected chi connectivity index (χ2v) is 10.1. The van der Waals surface area contributed by atoms with Gasteiger partial charge in [-0.15, -0.1) is 0 Å². The van der Waals surface area contributed by atoms with Crippen LogP contribution in [-0.2, 0) is 28.6 Å². The van der Waals surface area contributed by atoms with Crippen LogP contribution in [0.5, 0.6) is 0 Å². The summed E-state index contributed by atoms with van der Waals surface area (Å²) in [5.74, 6) is 0. The van der Waals surface area contributed by atoms with Gasteiger partial charge in [0.1, 0.15) is 6.10 Å². The van der Waals surface area contributed by atoms with Gasteiger partial charge >= 0.3 is 66.8 Å². The minimum absolute atomic E-state index is 0.275. The number of halogens is 18. The van der Waals surface area contributed by atoms with Gasteiger partial charge in [0.2, 0.25) is 0 Å². The first-order valence-corrected chi connectivity index (χ1v) is 11.2. The lowest BCUT2D eigenvalue weighted by Crippen LogP contribution is -2.71. The van der Waals surface area contributed by atoms with Crippen LogP contribution >= 0.6 is 0 Å². The summed E-state index contributed by atoms with van der Waals surface area (Å²) in [6.07, 6.45) is -52.5. The van der Waals surface area contributed by atoms with E-state index in [0.717, 1.165) is 0 Å². The average Bonchev–Trinajstić information content (AvgIpc) is 2.49. The lowest BCUT2D eigenvalue weighted by molar-refractivity contribution is -0.352. The van der Waals surface area contributed by atoms with Crippen molar-refractivity contribution < 1.29 is 104 Å². The fraction of sp³-hybridized carbons (Fsp3) is 1.00. The Bertz CT molecular complexity index is 968. The van der Waals surface area contributed by atoms with Gasteiger partial charge in [0.15, 0.2) is 0 Å². The van der Waals surface area contributed by atoms with E-state index in [2.05, 4.69) is 8.37 Å². The molecule has 26 heteroatoms. The molecule has 0 aliphatic carbocycles. The average molecular weight is 654 g/mol. The largest absolute Gasteiger partial charge is 0.428 e. The molecular weight excluding hydrogens is 646 g/mol. The van der Waals surface area contributed by atoms with Crippen molar-refractivity contribution in [3.8, 4) is 0 Å². The molecule has 1 unspecified atom stereocenters. The van der Waals surface area contributed by atoms with Crippen LogP contribution in [-0.4, -0.2) is 76.1 Å². The summed E-state index contributed by atoms with van der Waals surface area (Å²) in [6.45, 7) is -2.71. The molecule has 0 aromatic rings. The van der Waals surface area contributed by atoms with Gasteiger partial charge in [-0.1, -0.05) is 6.92 Å². The van der Waals surface area contributed by atoms with E-state index in [-0.39, 0.29) is 6.92 Å². The van der Waals surface area contributed by atoms with E-state index in [0.29, 0.717) is 0 Å². The van der Waals surface area contributed by atoms with Gasteiger partial charge in [-0.2, -0.15) is 95.9 Å². The van der Waals surface area contributed by atoms with Gasteiger partial charge < -0.3 is 0 Å². The summed E-state index contributed by atoms with van der Waals surface area (Å²) < 4.78 is 269. The summed E-state index contributed by atoms with van der Waals surface area (Å²) in [4.78, 5) is 0. The van der Waals surface area contributed by atoms with Crippen LogP contribution in [0.25, 0.3) is 0 Å².